The molecule has 100 valence electrons. The number of rotatable bonds is 5. The van der Waals surface area contributed by atoms with Crippen molar-refractivity contribution in [3.05, 3.63) is 45.2 Å². The molecule has 19 heavy (non-hydrogen) atoms. The fourth-order valence-corrected chi connectivity index (χ4v) is 2.50. The van der Waals surface area contributed by atoms with Crippen molar-refractivity contribution in [2.75, 3.05) is 18.9 Å². The molecule has 2 aromatic heterocycles. The maximum absolute atomic E-state index is 12.0. The van der Waals surface area contributed by atoms with Crippen LogP contribution in [0.2, 0.25) is 5.02 Å². The first kappa shape index (κ1) is 13.8. The molecule has 0 radical (unpaired) electrons. The van der Waals surface area contributed by atoms with Gasteiger partial charge in [-0.25, -0.2) is 4.98 Å². The van der Waals surface area contributed by atoms with Crippen LogP contribution in [0.4, 0.5) is 5.82 Å². The zero-order chi connectivity index (χ0) is 13.7. The molecule has 0 aliphatic rings. The summed E-state index contributed by atoms with van der Waals surface area (Å²) in [6.45, 7) is 0.590. The van der Waals surface area contributed by atoms with Crippen molar-refractivity contribution in [2.45, 2.75) is 6.42 Å². The lowest BCUT2D eigenvalue weighted by molar-refractivity contribution is 0.0954. The number of carbonyl (C=O) groups is 1. The van der Waals surface area contributed by atoms with Gasteiger partial charge in [0.05, 0.1) is 10.6 Å². The van der Waals surface area contributed by atoms with E-state index < -0.39 is 0 Å². The molecule has 0 saturated carbocycles. The van der Waals surface area contributed by atoms with Crippen LogP contribution in [0.1, 0.15) is 15.2 Å². The van der Waals surface area contributed by atoms with Crippen molar-refractivity contribution in [1.29, 1.82) is 0 Å². The van der Waals surface area contributed by atoms with E-state index in [4.69, 9.17) is 11.6 Å². The predicted octanol–water partition coefficient (Wildman–Crippen LogP) is 2.81. The first-order valence-electron chi connectivity index (χ1n) is 5.84. The second-order valence-corrected chi connectivity index (χ2v) is 5.32. The van der Waals surface area contributed by atoms with Gasteiger partial charge in [-0.1, -0.05) is 17.7 Å². The highest BCUT2D eigenvalue weighted by molar-refractivity contribution is 7.09. The second kappa shape index (κ2) is 6.54. The molecule has 6 heteroatoms. The van der Waals surface area contributed by atoms with Crippen LogP contribution in [0.15, 0.2) is 29.8 Å². The zero-order valence-corrected chi connectivity index (χ0v) is 12.0. The van der Waals surface area contributed by atoms with Gasteiger partial charge in [0.25, 0.3) is 5.91 Å². The van der Waals surface area contributed by atoms with Crippen LogP contribution in [0.3, 0.4) is 0 Å². The van der Waals surface area contributed by atoms with Gasteiger partial charge in [-0.15, -0.1) is 11.3 Å². The summed E-state index contributed by atoms with van der Waals surface area (Å²) < 4.78 is 0. The second-order valence-electron chi connectivity index (χ2n) is 3.88. The molecule has 0 aromatic carbocycles. The highest BCUT2D eigenvalue weighted by atomic mass is 35.5. The number of hydrogen-bond acceptors (Lipinski definition) is 4. The Hall–Kier alpha value is -1.59. The number of halogens is 1. The first-order valence-corrected chi connectivity index (χ1v) is 7.10. The average Bonchev–Trinajstić information content (AvgIpc) is 2.92. The molecule has 0 saturated heterocycles. The van der Waals surface area contributed by atoms with E-state index in [1.165, 1.54) is 11.1 Å². The van der Waals surface area contributed by atoms with E-state index in [-0.39, 0.29) is 5.91 Å². The van der Waals surface area contributed by atoms with Crippen molar-refractivity contribution in [3.63, 3.8) is 0 Å². The molecule has 2 rings (SSSR count). The van der Waals surface area contributed by atoms with Crippen molar-refractivity contribution in [1.82, 2.24) is 10.3 Å². The molecular weight excluding hydrogens is 282 g/mol. The number of pyridine rings is 1. The number of hydrogen-bond donors (Lipinski definition) is 2. The standard InChI is InChI=1S/C13H14ClN3OS/c1-15-12-7-10(11(14)8-17-12)13(18)16-5-4-9-3-2-6-19-9/h2-3,6-8H,4-5H2,1H3,(H,15,17)(H,16,18). The Kier molecular flexibility index (Phi) is 4.76. The molecule has 0 bridgehead atoms. The summed E-state index contributed by atoms with van der Waals surface area (Å²) in [6.07, 6.45) is 2.30. The summed E-state index contributed by atoms with van der Waals surface area (Å²) in [5.74, 6) is 0.438. The Morgan fingerprint density at radius 3 is 3.05 bits per heavy atom. The van der Waals surface area contributed by atoms with E-state index in [0.29, 0.717) is 22.9 Å². The van der Waals surface area contributed by atoms with Gasteiger partial charge in [-0.3, -0.25) is 4.79 Å². The van der Waals surface area contributed by atoms with E-state index >= 15 is 0 Å². The fraction of sp³-hybridized carbons (Fsp3) is 0.231. The summed E-state index contributed by atoms with van der Waals surface area (Å²) in [4.78, 5) is 17.3. The molecular formula is C13H14ClN3OS. The Bertz CT molecular complexity index is 557. The number of amides is 1. The lowest BCUT2D eigenvalue weighted by atomic mass is 10.2. The smallest absolute Gasteiger partial charge is 0.253 e. The number of thiophene rings is 1. The first-order chi connectivity index (χ1) is 9.20. The van der Waals surface area contributed by atoms with Crippen LogP contribution < -0.4 is 10.6 Å². The Morgan fingerprint density at radius 1 is 1.53 bits per heavy atom. The lowest BCUT2D eigenvalue weighted by Gasteiger charge is -2.07. The lowest BCUT2D eigenvalue weighted by Crippen LogP contribution is -2.26. The topological polar surface area (TPSA) is 54.0 Å². The SMILES string of the molecule is CNc1cc(C(=O)NCCc2cccs2)c(Cl)cn1. The molecule has 0 atom stereocenters. The summed E-state index contributed by atoms with van der Waals surface area (Å²) >= 11 is 7.66. The van der Waals surface area contributed by atoms with Crippen LogP contribution in [0, 0.1) is 0 Å². The Labute approximate surface area is 120 Å². The largest absolute Gasteiger partial charge is 0.373 e. The van der Waals surface area contributed by atoms with Crippen molar-refractivity contribution in [3.8, 4) is 0 Å². The van der Waals surface area contributed by atoms with Gasteiger partial charge in [0.15, 0.2) is 0 Å². The minimum atomic E-state index is -0.180. The maximum atomic E-state index is 12.0. The zero-order valence-electron chi connectivity index (χ0n) is 10.4. The van der Waals surface area contributed by atoms with Crippen molar-refractivity contribution >= 4 is 34.7 Å². The van der Waals surface area contributed by atoms with Gasteiger partial charge in [0.1, 0.15) is 5.82 Å². The fourth-order valence-electron chi connectivity index (χ4n) is 1.60. The van der Waals surface area contributed by atoms with Crippen LogP contribution in [0.25, 0.3) is 0 Å². The van der Waals surface area contributed by atoms with Crippen LogP contribution in [-0.4, -0.2) is 24.5 Å². The normalized spacial score (nSPS) is 10.2. The van der Waals surface area contributed by atoms with Gasteiger partial charge < -0.3 is 10.6 Å². The quantitative estimate of drug-likeness (QED) is 0.892. The molecule has 2 N–H and O–H groups in total. The maximum Gasteiger partial charge on any atom is 0.253 e. The van der Waals surface area contributed by atoms with Crippen molar-refractivity contribution in [2.24, 2.45) is 0 Å². The van der Waals surface area contributed by atoms with E-state index in [1.54, 1.807) is 24.5 Å². The van der Waals surface area contributed by atoms with Crippen LogP contribution in [-0.2, 0) is 6.42 Å². The number of nitrogens with one attached hydrogen (secondary N) is 2. The third kappa shape index (κ3) is 3.68. The van der Waals surface area contributed by atoms with E-state index in [0.717, 1.165) is 6.42 Å². The van der Waals surface area contributed by atoms with Crippen molar-refractivity contribution < 1.29 is 4.79 Å². The number of nitrogens with zero attached hydrogens (tertiary/aromatic N) is 1. The number of anilines is 1. The van der Waals surface area contributed by atoms with Crippen LogP contribution >= 0.6 is 22.9 Å². The third-order valence-electron chi connectivity index (χ3n) is 2.59. The Morgan fingerprint density at radius 2 is 2.37 bits per heavy atom. The molecule has 0 aliphatic heterocycles. The van der Waals surface area contributed by atoms with Gasteiger partial charge in [0, 0.05) is 24.7 Å². The molecule has 0 aliphatic carbocycles. The molecule has 2 aromatic rings. The Balaban J connectivity index is 1.95. The highest BCUT2D eigenvalue weighted by Crippen LogP contribution is 2.17. The summed E-state index contributed by atoms with van der Waals surface area (Å²) in [7, 11) is 1.74. The van der Waals surface area contributed by atoms with Gasteiger partial charge in [-0.05, 0) is 23.9 Å². The van der Waals surface area contributed by atoms with E-state index in [1.807, 2.05) is 11.4 Å². The monoisotopic (exact) mass is 295 g/mol. The average molecular weight is 296 g/mol. The van der Waals surface area contributed by atoms with E-state index in [2.05, 4.69) is 21.7 Å². The minimum absolute atomic E-state index is 0.180. The summed E-state index contributed by atoms with van der Waals surface area (Å²) in [5, 5.41) is 8.12. The van der Waals surface area contributed by atoms with Gasteiger partial charge in [0.2, 0.25) is 0 Å². The predicted molar refractivity (Wildman–Crippen MR) is 79.1 cm³/mol. The molecule has 4 nitrogen and oxygen atoms in total. The third-order valence-corrected chi connectivity index (χ3v) is 3.83. The number of aromatic nitrogens is 1. The number of carbonyl (C=O) groups excluding carboxylic acids is 1. The summed E-state index contributed by atoms with van der Waals surface area (Å²) in [5.41, 5.74) is 0.437. The highest BCUT2D eigenvalue weighted by Gasteiger charge is 2.11. The summed E-state index contributed by atoms with van der Waals surface area (Å²) in [6, 6.07) is 5.69. The molecule has 1 amide bonds. The molecule has 0 spiro atoms. The minimum Gasteiger partial charge on any atom is -0.373 e. The molecule has 2 heterocycles. The molecule has 0 unspecified atom stereocenters. The van der Waals surface area contributed by atoms with E-state index in [9.17, 15) is 4.79 Å². The van der Waals surface area contributed by atoms with Gasteiger partial charge in [-0.2, -0.15) is 0 Å². The molecule has 0 fully saturated rings. The van der Waals surface area contributed by atoms with Crippen LogP contribution in [0.5, 0.6) is 0 Å². The van der Waals surface area contributed by atoms with Gasteiger partial charge >= 0.3 is 0 Å².